The molecule has 0 bridgehead atoms. The molecule has 1 aromatic carbocycles. The number of hydrogen-bond acceptors (Lipinski definition) is 4. The second-order valence-electron chi connectivity index (χ2n) is 5.85. The van der Waals surface area contributed by atoms with Crippen LogP contribution in [0.25, 0.3) is 0 Å². The lowest BCUT2D eigenvalue weighted by molar-refractivity contribution is 0.248. The molecule has 0 radical (unpaired) electrons. The van der Waals surface area contributed by atoms with E-state index in [-0.39, 0.29) is 0 Å². The van der Waals surface area contributed by atoms with Gasteiger partial charge in [-0.2, -0.15) is 11.8 Å². The van der Waals surface area contributed by atoms with Crippen molar-refractivity contribution in [1.82, 2.24) is 4.90 Å². The maximum atomic E-state index is 5.49. The fourth-order valence-electron chi connectivity index (χ4n) is 2.62. The summed E-state index contributed by atoms with van der Waals surface area (Å²) < 4.78 is 5.82. The summed E-state index contributed by atoms with van der Waals surface area (Å²) in [5.74, 6) is 8.12. The smallest absolute Gasteiger partial charge is 0.123 e. The largest absolute Gasteiger partial charge is 0.496 e. The van der Waals surface area contributed by atoms with Gasteiger partial charge in [-0.05, 0) is 32.0 Å². The third-order valence-corrected chi connectivity index (χ3v) is 4.81. The molecule has 0 spiro atoms. The first kappa shape index (κ1) is 16.2. The monoisotopic (exact) mass is 304 g/mol. The summed E-state index contributed by atoms with van der Waals surface area (Å²) in [5.41, 5.74) is 7.64. The SMILES string of the molecule is COc1ccc(C#CCN)cc1CN1CCSC(C)(C)C1. The van der Waals surface area contributed by atoms with Crippen molar-refractivity contribution in [2.75, 3.05) is 32.5 Å². The van der Waals surface area contributed by atoms with E-state index in [1.54, 1.807) is 7.11 Å². The minimum Gasteiger partial charge on any atom is -0.496 e. The van der Waals surface area contributed by atoms with Crippen LogP contribution in [0.2, 0.25) is 0 Å². The van der Waals surface area contributed by atoms with Crippen LogP contribution in [-0.2, 0) is 6.54 Å². The predicted octanol–water partition coefficient (Wildman–Crippen LogP) is 2.33. The molecule has 1 aliphatic heterocycles. The number of ether oxygens (including phenoxy) is 1. The quantitative estimate of drug-likeness (QED) is 0.870. The van der Waals surface area contributed by atoms with Crippen LogP contribution < -0.4 is 10.5 Å². The van der Waals surface area contributed by atoms with Crippen LogP contribution >= 0.6 is 11.8 Å². The van der Waals surface area contributed by atoms with E-state index in [9.17, 15) is 0 Å². The van der Waals surface area contributed by atoms with Gasteiger partial charge in [-0.1, -0.05) is 11.8 Å². The van der Waals surface area contributed by atoms with E-state index >= 15 is 0 Å². The first-order valence-corrected chi connectivity index (χ1v) is 8.25. The van der Waals surface area contributed by atoms with E-state index in [1.807, 2.05) is 23.9 Å². The number of thioether (sulfide) groups is 1. The lowest BCUT2D eigenvalue weighted by Gasteiger charge is -2.37. The molecule has 0 amide bonds. The summed E-state index contributed by atoms with van der Waals surface area (Å²) in [6.45, 7) is 8.13. The van der Waals surface area contributed by atoms with Crippen molar-refractivity contribution in [2.45, 2.75) is 25.1 Å². The number of nitrogens with two attached hydrogens (primary N) is 1. The van der Waals surface area contributed by atoms with Crippen molar-refractivity contribution in [2.24, 2.45) is 5.73 Å². The van der Waals surface area contributed by atoms with Crippen LogP contribution in [0.4, 0.5) is 0 Å². The van der Waals surface area contributed by atoms with Crippen LogP contribution in [0.5, 0.6) is 5.75 Å². The molecule has 114 valence electrons. The third kappa shape index (κ3) is 4.67. The highest BCUT2D eigenvalue weighted by atomic mass is 32.2. The first-order valence-electron chi connectivity index (χ1n) is 7.26. The first-order chi connectivity index (χ1) is 10.0. The maximum absolute atomic E-state index is 5.49. The molecule has 2 rings (SSSR count). The van der Waals surface area contributed by atoms with E-state index in [0.29, 0.717) is 11.3 Å². The fourth-order valence-corrected chi connectivity index (χ4v) is 3.80. The highest BCUT2D eigenvalue weighted by Gasteiger charge is 2.27. The Hall–Kier alpha value is -1.15. The normalized spacial score (nSPS) is 17.9. The van der Waals surface area contributed by atoms with E-state index in [2.05, 4.69) is 36.7 Å². The number of hydrogen-bond donors (Lipinski definition) is 1. The number of benzene rings is 1. The summed E-state index contributed by atoms with van der Waals surface area (Å²) in [6.07, 6.45) is 0. The molecular formula is C17H24N2OS. The molecule has 1 heterocycles. The molecule has 0 aliphatic carbocycles. The van der Waals surface area contributed by atoms with Gasteiger partial charge in [-0.3, -0.25) is 4.90 Å². The molecule has 21 heavy (non-hydrogen) atoms. The summed E-state index contributed by atoms with van der Waals surface area (Å²) in [7, 11) is 1.72. The summed E-state index contributed by atoms with van der Waals surface area (Å²) in [4.78, 5) is 2.49. The summed E-state index contributed by atoms with van der Waals surface area (Å²) in [6, 6.07) is 6.11. The van der Waals surface area contributed by atoms with E-state index in [0.717, 1.165) is 30.9 Å². The highest BCUT2D eigenvalue weighted by Crippen LogP contribution is 2.31. The summed E-state index contributed by atoms with van der Waals surface area (Å²) in [5, 5.41) is 0. The van der Waals surface area contributed by atoms with E-state index in [1.165, 1.54) is 11.3 Å². The van der Waals surface area contributed by atoms with E-state index in [4.69, 9.17) is 10.5 Å². The molecule has 0 atom stereocenters. The van der Waals surface area contributed by atoms with E-state index < -0.39 is 0 Å². The number of rotatable bonds is 3. The van der Waals surface area contributed by atoms with Crippen molar-refractivity contribution in [3.05, 3.63) is 29.3 Å². The molecule has 3 nitrogen and oxygen atoms in total. The van der Waals surface area contributed by atoms with Gasteiger partial charge < -0.3 is 10.5 Å². The molecule has 2 N–H and O–H groups in total. The Kier molecular flexibility index (Phi) is 5.58. The molecule has 0 saturated carbocycles. The standard InChI is InChI=1S/C17H24N2OS/c1-17(2)13-19(9-10-21-17)12-15-11-14(5-4-8-18)6-7-16(15)20-3/h6-7,11H,8-10,12-13,18H2,1-3H3. The zero-order valence-corrected chi connectivity index (χ0v) is 13.9. The van der Waals surface area contributed by atoms with Gasteiger partial charge in [0.15, 0.2) is 0 Å². The average Bonchev–Trinajstić information content (AvgIpc) is 2.44. The van der Waals surface area contributed by atoms with Crippen molar-refractivity contribution in [1.29, 1.82) is 0 Å². The van der Waals surface area contributed by atoms with Gasteiger partial charge >= 0.3 is 0 Å². The highest BCUT2D eigenvalue weighted by molar-refractivity contribution is 8.00. The molecule has 0 unspecified atom stereocenters. The van der Waals surface area contributed by atoms with Crippen molar-refractivity contribution >= 4 is 11.8 Å². The third-order valence-electron chi connectivity index (χ3n) is 3.51. The fraction of sp³-hybridized carbons (Fsp3) is 0.529. The van der Waals surface area contributed by atoms with Crippen molar-refractivity contribution in [3.8, 4) is 17.6 Å². The summed E-state index contributed by atoms with van der Waals surface area (Å²) >= 11 is 2.05. The molecular weight excluding hydrogens is 280 g/mol. The Morgan fingerprint density at radius 3 is 2.90 bits per heavy atom. The maximum Gasteiger partial charge on any atom is 0.123 e. The topological polar surface area (TPSA) is 38.5 Å². The van der Waals surface area contributed by atoms with Gasteiger partial charge in [-0.15, -0.1) is 0 Å². The lowest BCUT2D eigenvalue weighted by atomic mass is 10.1. The van der Waals surface area contributed by atoms with Gasteiger partial charge in [0, 0.05) is 41.3 Å². The number of nitrogens with zero attached hydrogens (tertiary/aromatic N) is 1. The Balaban J connectivity index is 2.17. The van der Waals surface area contributed by atoms with Crippen LogP contribution in [0, 0.1) is 11.8 Å². The number of methoxy groups -OCH3 is 1. The second kappa shape index (κ2) is 7.22. The minimum atomic E-state index is 0.322. The Labute approximate surface area is 132 Å². The molecule has 1 aromatic rings. The molecule has 1 aliphatic rings. The predicted molar refractivity (Wildman–Crippen MR) is 90.7 cm³/mol. The Bertz CT molecular complexity index is 545. The minimum absolute atomic E-state index is 0.322. The molecule has 1 saturated heterocycles. The van der Waals surface area contributed by atoms with Crippen LogP contribution in [0.15, 0.2) is 18.2 Å². The van der Waals surface area contributed by atoms with Gasteiger partial charge in [0.1, 0.15) is 5.75 Å². The zero-order chi connectivity index (χ0) is 15.3. The van der Waals surface area contributed by atoms with Gasteiger partial charge in [0.2, 0.25) is 0 Å². The van der Waals surface area contributed by atoms with Crippen LogP contribution in [0.1, 0.15) is 25.0 Å². The average molecular weight is 304 g/mol. The Morgan fingerprint density at radius 2 is 2.24 bits per heavy atom. The van der Waals surface area contributed by atoms with Crippen LogP contribution in [-0.4, -0.2) is 42.1 Å². The second-order valence-corrected chi connectivity index (χ2v) is 7.65. The Morgan fingerprint density at radius 1 is 1.43 bits per heavy atom. The molecule has 1 fully saturated rings. The van der Waals surface area contributed by atoms with Crippen molar-refractivity contribution in [3.63, 3.8) is 0 Å². The van der Waals surface area contributed by atoms with Gasteiger partial charge in [0.05, 0.1) is 13.7 Å². The lowest BCUT2D eigenvalue weighted by Crippen LogP contribution is -2.42. The van der Waals surface area contributed by atoms with Gasteiger partial charge in [0.25, 0.3) is 0 Å². The van der Waals surface area contributed by atoms with Crippen molar-refractivity contribution < 1.29 is 4.74 Å². The van der Waals surface area contributed by atoms with Gasteiger partial charge in [-0.25, -0.2) is 0 Å². The molecule has 0 aromatic heterocycles. The van der Waals surface area contributed by atoms with Crippen LogP contribution in [0.3, 0.4) is 0 Å². The zero-order valence-electron chi connectivity index (χ0n) is 13.1. The molecule has 4 heteroatoms.